The van der Waals surface area contributed by atoms with Crippen LogP contribution in [0.25, 0.3) is 0 Å². The fourth-order valence-electron chi connectivity index (χ4n) is 1.63. The van der Waals surface area contributed by atoms with E-state index in [9.17, 15) is 0 Å². The second kappa shape index (κ2) is 5.08. The second-order valence-electron chi connectivity index (χ2n) is 5.23. The van der Waals surface area contributed by atoms with Crippen molar-refractivity contribution in [3.8, 4) is 0 Å². The van der Waals surface area contributed by atoms with Crippen molar-refractivity contribution in [1.29, 1.82) is 0 Å². The fourth-order valence-corrected chi connectivity index (χ4v) is 2.66. The number of nitrogens with one attached hydrogen (secondary N) is 1. The van der Waals surface area contributed by atoms with Crippen LogP contribution < -0.4 is 5.32 Å². The minimum absolute atomic E-state index is 0.260. The Morgan fingerprint density at radius 1 is 1.47 bits per heavy atom. The van der Waals surface area contributed by atoms with E-state index in [4.69, 9.17) is 0 Å². The van der Waals surface area contributed by atoms with Crippen LogP contribution in [0.1, 0.15) is 32.4 Å². The Morgan fingerprint density at radius 2 is 2.29 bits per heavy atom. The van der Waals surface area contributed by atoms with Gasteiger partial charge >= 0.3 is 0 Å². The monoisotopic (exact) mass is 249 g/mol. The molecule has 1 unspecified atom stereocenters. The highest BCUT2D eigenvalue weighted by Crippen LogP contribution is 2.27. The molecule has 1 aliphatic heterocycles. The van der Waals surface area contributed by atoms with E-state index in [1.54, 1.807) is 6.20 Å². The molecule has 3 nitrogen and oxygen atoms in total. The molecule has 0 saturated carbocycles. The molecule has 0 aliphatic carbocycles. The van der Waals surface area contributed by atoms with E-state index in [1.807, 2.05) is 24.0 Å². The number of rotatable bonds is 2. The van der Waals surface area contributed by atoms with E-state index in [1.165, 1.54) is 5.56 Å². The Hall–Kier alpha value is -1.03. The first-order valence-corrected chi connectivity index (χ1v) is 6.89. The zero-order valence-electron chi connectivity index (χ0n) is 10.6. The third-order valence-electron chi connectivity index (χ3n) is 2.77. The normalized spacial score (nSPS) is 20.5. The van der Waals surface area contributed by atoms with Gasteiger partial charge in [0.05, 0.1) is 6.04 Å². The van der Waals surface area contributed by atoms with Gasteiger partial charge in [0.2, 0.25) is 0 Å². The fraction of sp³-hybridized carbons (Fsp3) is 0.538. The Kier molecular flexibility index (Phi) is 3.72. The molecule has 1 aromatic heterocycles. The Labute approximate surface area is 107 Å². The summed E-state index contributed by atoms with van der Waals surface area (Å²) in [5.74, 6) is 1.12. The molecule has 1 aromatic rings. The van der Waals surface area contributed by atoms with Gasteiger partial charge in [-0.2, -0.15) is 0 Å². The highest BCUT2D eigenvalue weighted by Gasteiger charge is 2.23. The van der Waals surface area contributed by atoms with E-state index in [-0.39, 0.29) is 6.04 Å². The van der Waals surface area contributed by atoms with Crippen LogP contribution in [0, 0.1) is 5.41 Å². The van der Waals surface area contributed by atoms with Crippen molar-refractivity contribution in [1.82, 2.24) is 10.3 Å². The molecular weight excluding hydrogens is 230 g/mol. The average Bonchev–Trinajstić information content (AvgIpc) is 2.33. The number of nitrogens with zero attached hydrogens (tertiary/aromatic N) is 2. The third kappa shape index (κ3) is 3.46. The topological polar surface area (TPSA) is 37.3 Å². The molecule has 17 heavy (non-hydrogen) atoms. The van der Waals surface area contributed by atoms with Crippen molar-refractivity contribution >= 4 is 16.9 Å². The van der Waals surface area contributed by atoms with Crippen LogP contribution in [-0.2, 0) is 0 Å². The first kappa shape index (κ1) is 12.4. The molecule has 1 N–H and O–H groups in total. The Morgan fingerprint density at radius 3 is 2.88 bits per heavy atom. The molecule has 0 fully saturated rings. The second-order valence-corrected chi connectivity index (χ2v) is 6.19. The van der Waals surface area contributed by atoms with Gasteiger partial charge in [0.1, 0.15) is 0 Å². The van der Waals surface area contributed by atoms with Crippen LogP contribution >= 0.6 is 11.8 Å². The van der Waals surface area contributed by atoms with Crippen molar-refractivity contribution in [2.75, 3.05) is 12.3 Å². The van der Waals surface area contributed by atoms with Gasteiger partial charge < -0.3 is 5.32 Å². The van der Waals surface area contributed by atoms with Crippen molar-refractivity contribution in [3.05, 3.63) is 30.1 Å². The molecule has 92 valence electrons. The van der Waals surface area contributed by atoms with Crippen LogP contribution in [0.5, 0.6) is 0 Å². The summed E-state index contributed by atoms with van der Waals surface area (Å²) in [4.78, 5) is 8.73. The van der Waals surface area contributed by atoms with Gasteiger partial charge in [-0.25, -0.2) is 0 Å². The maximum atomic E-state index is 4.60. The molecule has 1 aliphatic rings. The zero-order chi connectivity index (χ0) is 12.3. The lowest BCUT2D eigenvalue weighted by molar-refractivity contribution is 0.436. The lowest BCUT2D eigenvalue weighted by Crippen LogP contribution is -2.32. The molecule has 1 atom stereocenters. The van der Waals surface area contributed by atoms with E-state index in [0.29, 0.717) is 5.41 Å². The van der Waals surface area contributed by atoms with Gasteiger partial charge in [-0.15, -0.1) is 0 Å². The number of thioether (sulfide) groups is 1. The minimum Gasteiger partial charge on any atom is -0.358 e. The van der Waals surface area contributed by atoms with Crippen LogP contribution in [-0.4, -0.2) is 22.4 Å². The first-order chi connectivity index (χ1) is 8.07. The zero-order valence-corrected chi connectivity index (χ0v) is 11.4. The molecule has 0 saturated heterocycles. The van der Waals surface area contributed by atoms with Crippen molar-refractivity contribution in [3.63, 3.8) is 0 Å². The van der Waals surface area contributed by atoms with Crippen LogP contribution in [0.4, 0.5) is 0 Å². The summed E-state index contributed by atoms with van der Waals surface area (Å²) < 4.78 is 0. The summed E-state index contributed by atoms with van der Waals surface area (Å²) in [6, 6.07) is 4.31. The Balaban J connectivity index is 1.96. The van der Waals surface area contributed by atoms with Gasteiger partial charge in [-0.1, -0.05) is 31.7 Å². The van der Waals surface area contributed by atoms with Gasteiger partial charge in [0.25, 0.3) is 0 Å². The van der Waals surface area contributed by atoms with E-state index >= 15 is 0 Å². The number of hydrogen-bond donors (Lipinski definition) is 1. The van der Waals surface area contributed by atoms with E-state index in [0.717, 1.165) is 17.5 Å². The number of aromatic nitrogens is 1. The summed E-state index contributed by atoms with van der Waals surface area (Å²) >= 11 is 1.81. The average molecular weight is 249 g/mol. The van der Waals surface area contributed by atoms with E-state index in [2.05, 4.69) is 42.1 Å². The molecule has 2 rings (SSSR count). The molecule has 0 aromatic carbocycles. The standard InChI is InChI=1S/C13H19N3S/c1-10(11-5-4-6-14-7-11)16-12-15-8-13(2,3)9-17-12/h4-7,10H,8-9H2,1-3H3,(H,15,16). The smallest absolute Gasteiger partial charge is 0.157 e. The predicted molar refractivity (Wildman–Crippen MR) is 74.3 cm³/mol. The maximum Gasteiger partial charge on any atom is 0.157 e. The first-order valence-electron chi connectivity index (χ1n) is 5.90. The summed E-state index contributed by atoms with van der Waals surface area (Å²) in [5, 5.41) is 4.50. The summed E-state index contributed by atoms with van der Waals surface area (Å²) in [6.45, 7) is 7.55. The molecule has 2 heterocycles. The van der Waals surface area contributed by atoms with Crippen molar-refractivity contribution in [2.24, 2.45) is 10.4 Å². The molecular formula is C13H19N3S. The van der Waals surface area contributed by atoms with Crippen molar-refractivity contribution < 1.29 is 0 Å². The lowest BCUT2D eigenvalue weighted by Gasteiger charge is -2.28. The minimum atomic E-state index is 0.260. The quantitative estimate of drug-likeness (QED) is 0.875. The summed E-state index contributed by atoms with van der Waals surface area (Å²) in [5.41, 5.74) is 1.52. The Bertz CT molecular complexity index is 400. The number of hydrogen-bond acceptors (Lipinski definition) is 4. The molecule has 0 bridgehead atoms. The third-order valence-corrected chi connectivity index (χ3v) is 4.22. The SMILES string of the molecule is CC(NC1=NCC(C)(C)CS1)c1cccnc1. The highest BCUT2D eigenvalue weighted by atomic mass is 32.2. The van der Waals surface area contributed by atoms with Crippen LogP contribution in [0.15, 0.2) is 29.5 Å². The number of aliphatic imine (C=N–C) groups is 1. The molecule has 4 heteroatoms. The summed E-state index contributed by atoms with van der Waals surface area (Å²) in [6.07, 6.45) is 3.70. The molecule has 0 amide bonds. The van der Waals surface area contributed by atoms with Crippen LogP contribution in [0.2, 0.25) is 0 Å². The summed E-state index contributed by atoms with van der Waals surface area (Å²) in [7, 11) is 0. The van der Waals surface area contributed by atoms with Crippen molar-refractivity contribution in [2.45, 2.75) is 26.8 Å². The largest absolute Gasteiger partial charge is 0.358 e. The van der Waals surface area contributed by atoms with E-state index < -0.39 is 0 Å². The lowest BCUT2D eigenvalue weighted by atomic mass is 9.97. The molecule has 0 spiro atoms. The van der Waals surface area contributed by atoms with Crippen LogP contribution in [0.3, 0.4) is 0 Å². The maximum absolute atomic E-state index is 4.60. The molecule has 0 radical (unpaired) electrons. The number of pyridine rings is 1. The van der Waals surface area contributed by atoms with Gasteiger partial charge in [-0.05, 0) is 24.0 Å². The highest BCUT2D eigenvalue weighted by molar-refractivity contribution is 8.13. The number of amidine groups is 1. The van der Waals surface area contributed by atoms with Gasteiger partial charge in [0, 0.05) is 24.7 Å². The predicted octanol–water partition coefficient (Wildman–Crippen LogP) is 2.86. The van der Waals surface area contributed by atoms with Gasteiger partial charge in [-0.3, -0.25) is 9.98 Å². The van der Waals surface area contributed by atoms with Gasteiger partial charge in [0.15, 0.2) is 5.17 Å².